The van der Waals surface area contributed by atoms with E-state index in [2.05, 4.69) is 91.5 Å². The molecule has 0 aromatic heterocycles. The highest BCUT2D eigenvalue weighted by molar-refractivity contribution is 14.1. The highest BCUT2D eigenvalue weighted by Gasteiger charge is 2.15. The monoisotopic (exact) mass is 486 g/mol. The molecule has 0 aliphatic heterocycles. The van der Waals surface area contributed by atoms with E-state index in [1.54, 1.807) is 0 Å². The Labute approximate surface area is 126 Å². The lowest BCUT2D eigenvalue weighted by atomic mass is 10.00. The van der Waals surface area contributed by atoms with Crippen molar-refractivity contribution >= 4 is 66.7 Å². The Hall–Kier alpha value is 0.640. The molecule has 0 spiro atoms. The maximum atomic E-state index is 3.62. The summed E-state index contributed by atoms with van der Waals surface area (Å²) in [7, 11) is 0. The zero-order chi connectivity index (χ0) is 10.8. The molecule has 0 saturated heterocycles. The molecule has 2 rings (SSSR count). The second-order valence-electron chi connectivity index (χ2n) is 3.35. The quantitative estimate of drug-likeness (QED) is 0.446. The summed E-state index contributed by atoms with van der Waals surface area (Å²) in [5.41, 5.74) is 2.71. The summed E-state index contributed by atoms with van der Waals surface area (Å²) in [6.07, 6.45) is 4.66. The lowest BCUT2D eigenvalue weighted by Crippen LogP contribution is -1.94. The smallest absolute Gasteiger partial charge is 0.0254 e. The highest BCUT2D eigenvalue weighted by atomic mass is 127. The number of hydrogen-bond donors (Lipinski definition) is 0. The Morgan fingerprint density at radius 1 is 1.13 bits per heavy atom. The minimum absolute atomic E-state index is 1.17. The maximum absolute atomic E-state index is 3.62. The predicted octanol–water partition coefficient (Wildman–Crippen LogP) is 5.71. The van der Waals surface area contributed by atoms with Gasteiger partial charge in [-0.05, 0) is 73.2 Å². The second-order valence-corrected chi connectivity index (χ2v) is 6.67. The van der Waals surface area contributed by atoms with Crippen molar-refractivity contribution in [2.45, 2.75) is 12.8 Å². The Morgan fingerprint density at radius 2 is 1.87 bits per heavy atom. The van der Waals surface area contributed by atoms with Gasteiger partial charge >= 0.3 is 0 Å². The Balaban J connectivity index is 2.55. The summed E-state index contributed by atoms with van der Waals surface area (Å²) in [5, 5.41) is 0. The van der Waals surface area contributed by atoms with E-state index in [1.165, 1.54) is 35.6 Å². The van der Waals surface area contributed by atoms with Crippen LogP contribution < -0.4 is 0 Å². The van der Waals surface area contributed by atoms with Crippen LogP contribution in [0.1, 0.15) is 18.4 Å². The molecule has 0 fully saturated rings. The summed E-state index contributed by atoms with van der Waals surface area (Å²) >= 11 is 8.52. The third kappa shape index (κ3) is 2.66. The van der Waals surface area contributed by atoms with Crippen LogP contribution in [0.3, 0.4) is 0 Å². The van der Waals surface area contributed by atoms with Gasteiger partial charge in [0.2, 0.25) is 0 Å². The first-order chi connectivity index (χ1) is 7.20. The van der Waals surface area contributed by atoms with E-state index in [9.17, 15) is 0 Å². The second kappa shape index (κ2) is 5.31. The molecule has 0 bridgehead atoms. The van der Waals surface area contributed by atoms with Crippen molar-refractivity contribution < 1.29 is 0 Å². The zero-order valence-corrected chi connectivity index (χ0v) is 13.8. The van der Waals surface area contributed by atoms with Crippen LogP contribution in [-0.4, -0.2) is 0 Å². The number of rotatable bonds is 1. The minimum atomic E-state index is 1.17. The van der Waals surface area contributed by atoms with Gasteiger partial charge in [-0.2, -0.15) is 0 Å². The Kier molecular flexibility index (Phi) is 4.29. The van der Waals surface area contributed by atoms with E-state index in [4.69, 9.17) is 0 Å². The Morgan fingerprint density at radius 3 is 2.53 bits per heavy atom. The average Bonchev–Trinajstić information content (AvgIpc) is 2.20. The summed E-state index contributed by atoms with van der Waals surface area (Å²) in [4.78, 5) is 0. The van der Waals surface area contributed by atoms with E-state index in [0.29, 0.717) is 0 Å². The highest BCUT2D eigenvalue weighted by Crippen LogP contribution is 2.41. The van der Waals surface area contributed by atoms with E-state index in [1.807, 2.05) is 0 Å². The lowest BCUT2D eigenvalue weighted by Gasteiger charge is -2.16. The largest absolute Gasteiger partial charge is 0.0701 e. The molecule has 1 aliphatic rings. The van der Waals surface area contributed by atoms with Crippen molar-refractivity contribution in [2.24, 2.45) is 0 Å². The fourth-order valence-electron chi connectivity index (χ4n) is 1.62. The van der Waals surface area contributed by atoms with Gasteiger partial charge in [-0.1, -0.05) is 40.2 Å². The van der Waals surface area contributed by atoms with Gasteiger partial charge in [0.25, 0.3) is 0 Å². The van der Waals surface area contributed by atoms with E-state index >= 15 is 0 Å². The van der Waals surface area contributed by atoms with E-state index < -0.39 is 0 Å². The van der Waals surface area contributed by atoms with Gasteiger partial charge in [0, 0.05) is 13.6 Å². The normalized spacial score (nSPS) is 16.6. The summed E-state index contributed by atoms with van der Waals surface area (Å²) in [6.45, 7) is 0. The summed E-state index contributed by atoms with van der Waals surface area (Å²) in [6, 6.07) is 8.43. The lowest BCUT2D eigenvalue weighted by molar-refractivity contribution is 1.03. The predicted molar refractivity (Wildman–Crippen MR) is 86.4 cm³/mol. The summed E-state index contributed by atoms with van der Waals surface area (Å²) in [5.74, 6) is 0. The van der Waals surface area contributed by atoms with Crippen LogP contribution >= 0.6 is 61.1 Å². The van der Waals surface area contributed by atoms with Crippen LogP contribution in [0.15, 0.2) is 42.0 Å². The van der Waals surface area contributed by atoms with E-state index in [-0.39, 0.29) is 0 Å². The van der Waals surface area contributed by atoms with Gasteiger partial charge in [0.05, 0.1) is 0 Å². The van der Waals surface area contributed by atoms with Crippen molar-refractivity contribution in [3.8, 4) is 0 Å². The average molecular weight is 487 g/mol. The molecule has 0 radical (unpaired) electrons. The van der Waals surface area contributed by atoms with Crippen molar-refractivity contribution in [1.82, 2.24) is 0 Å². The van der Waals surface area contributed by atoms with Crippen LogP contribution in [0.4, 0.5) is 0 Å². The van der Waals surface area contributed by atoms with Crippen LogP contribution in [-0.2, 0) is 0 Å². The maximum Gasteiger partial charge on any atom is 0.0254 e. The fourth-order valence-corrected chi connectivity index (χ4v) is 4.44. The topological polar surface area (TPSA) is 0 Å². The molecule has 0 atom stereocenters. The summed E-state index contributed by atoms with van der Waals surface area (Å²) < 4.78 is 4.01. The van der Waals surface area contributed by atoms with E-state index in [0.717, 1.165) is 0 Å². The van der Waals surface area contributed by atoms with Crippen molar-refractivity contribution in [1.29, 1.82) is 0 Å². The van der Waals surface area contributed by atoms with Gasteiger partial charge in [-0.3, -0.25) is 0 Å². The van der Waals surface area contributed by atoms with Crippen molar-refractivity contribution in [3.63, 3.8) is 0 Å². The molecule has 3 heteroatoms. The van der Waals surface area contributed by atoms with Crippen LogP contribution in [0, 0.1) is 0 Å². The van der Waals surface area contributed by atoms with Crippen molar-refractivity contribution in [3.05, 3.63) is 47.5 Å². The SMILES string of the molecule is Brc1ccccc1C1=C(I)CCC=C1I. The third-order valence-corrected chi connectivity index (χ3v) is 5.09. The van der Waals surface area contributed by atoms with Crippen molar-refractivity contribution in [2.75, 3.05) is 0 Å². The third-order valence-electron chi connectivity index (χ3n) is 2.34. The molecule has 15 heavy (non-hydrogen) atoms. The number of allylic oxidation sites excluding steroid dienone is 4. The van der Waals surface area contributed by atoms with Crippen LogP contribution in [0.2, 0.25) is 0 Å². The van der Waals surface area contributed by atoms with Gasteiger partial charge in [-0.15, -0.1) is 0 Å². The molecular weight excluding hydrogens is 478 g/mol. The number of benzene rings is 1. The molecule has 0 N–H and O–H groups in total. The molecule has 0 nitrogen and oxygen atoms in total. The first kappa shape index (κ1) is 12.1. The van der Waals surface area contributed by atoms with Gasteiger partial charge in [0.15, 0.2) is 0 Å². The molecule has 0 amide bonds. The van der Waals surface area contributed by atoms with Gasteiger partial charge < -0.3 is 0 Å². The Bertz CT molecular complexity index is 447. The fraction of sp³-hybridized carbons (Fsp3) is 0.167. The molecule has 1 aromatic carbocycles. The molecule has 1 aliphatic carbocycles. The molecular formula is C12H9BrI2. The standard InChI is InChI=1S/C12H9BrI2/c13-9-5-2-1-4-8(9)12-10(14)6-3-7-11(12)15/h1-2,4-6H,3,7H2. The number of hydrogen-bond acceptors (Lipinski definition) is 0. The zero-order valence-electron chi connectivity index (χ0n) is 7.93. The first-order valence-electron chi connectivity index (χ1n) is 4.69. The number of halogens is 3. The molecule has 0 heterocycles. The minimum Gasteiger partial charge on any atom is -0.0701 e. The molecule has 1 aromatic rings. The molecule has 0 unspecified atom stereocenters. The van der Waals surface area contributed by atoms with Gasteiger partial charge in [0.1, 0.15) is 0 Å². The first-order valence-corrected chi connectivity index (χ1v) is 7.65. The van der Waals surface area contributed by atoms with Crippen LogP contribution in [0.5, 0.6) is 0 Å². The molecule has 78 valence electrons. The van der Waals surface area contributed by atoms with Gasteiger partial charge in [-0.25, -0.2) is 0 Å². The van der Waals surface area contributed by atoms with Crippen LogP contribution in [0.25, 0.3) is 5.57 Å². The molecule has 0 saturated carbocycles.